The number of anilines is 1. The summed E-state index contributed by atoms with van der Waals surface area (Å²) in [5.74, 6) is -0.180. The molecule has 3 aromatic rings. The molecule has 0 aliphatic carbocycles. The standard InChI is InChI=1S/C29H29BrN4O7/c1-4-38-25-12-20(10-22(30)27(25)39-15-26(35)33-21-8-17(2)7-18(3)9-21)14-32-34-29(37)28(36)31-13-19-5-6-23-24(11-19)41-16-40-23/h5-12,14H,4,13,15-16H2,1-3H3,(H,31,36)(H,33,35)(H,34,37)/b32-14-. The molecule has 0 unspecified atom stereocenters. The van der Waals surface area contributed by atoms with Crippen molar-refractivity contribution in [3.05, 3.63) is 75.3 Å². The smallest absolute Gasteiger partial charge is 0.329 e. The van der Waals surface area contributed by atoms with Crippen LogP contribution in [-0.4, -0.2) is 43.9 Å². The van der Waals surface area contributed by atoms with Gasteiger partial charge in [0.25, 0.3) is 5.91 Å². The first kappa shape index (κ1) is 29.4. The van der Waals surface area contributed by atoms with Crippen LogP contribution in [0.5, 0.6) is 23.0 Å². The zero-order valence-corrected chi connectivity index (χ0v) is 24.3. The molecule has 1 heterocycles. The van der Waals surface area contributed by atoms with Crippen LogP contribution in [0.25, 0.3) is 0 Å². The predicted octanol–water partition coefficient (Wildman–Crippen LogP) is 3.98. The summed E-state index contributed by atoms with van der Waals surface area (Å²) in [6.45, 7) is 6.11. The van der Waals surface area contributed by atoms with Gasteiger partial charge in [0.05, 0.1) is 17.3 Å². The van der Waals surface area contributed by atoms with Gasteiger partial charge in [-0.1, -0.05) is 12.1 Å². The van der Waals surface area contributed by atoms with Gasteiger partial charge in [-0.25, -0.2) is 5.43 Å². The number of fused-ring (bicyclic) bond motifs is 1. The van der Waals surface area contributed by atoms with E-state index in [1.807, 2.05) is 39.0 Å². The van der Waals surface area contributed by atoms with Gasteiger partial charge in [-0.15, -0.1) is 0 Å². The molecule has 3 N–H and O–H groups in total. The second-order valence-corrected chi connectivity index (χ2v) is 9.90. The van der Waals surface area contributed by atoms with Crippen LogP contribution in [0, 0.1) is 13.8 Å². The van der Waals surface area contributed by atoms with Crippen molar-refractivity contribution in [1.29, 1.82) is 0 Å². The molecule has 12 heteroatoms. The first-order valence-electron chi connectivity index (χ1n) is 12.7. The Morgan fingerprint density at radius 3 is 2.49 bits per heavy atom. The van der Waals surface area contributed by atoms with Crippen molar-refractivity contribution in [2.24, 2.45) is 5.10 Å². The molecule has 0 saturated carbocycles. The third kappa shape index (κ3) is 8.21. The van der Waals surface area contributed by atoms with Gasteiger partial charge in [-0.3, -0.25) is 14.4 Å². The number of nitrogens with zero attached hydrogens (tertiary/aromatic N) is 1. The highest BCUT2D eigenvalue weighted by molar-refractivity contribution is 9.10. The van der Waals surface area contributed by atoms with Gasteiger partial charge in [0, 0.05) is 12.2 Å². The van der Waals surface area contributed by atoms with Gasteiger partial charge in [0.1, 0.15) is 0 Å². The number of ether oxygens (including phenoxy) is 4. The molecule has 0 spiro atoms. The van der Waals surface area contributed by atoms with E-state index < -0.39 is 11.8 Å². The Kier molecular flexibility index (Phi) is 9.80. The van der Waals surface area contributed by atoms with Gasteiger partial charge in [0.15, 0.2) is 29.6 Å². The number of nitrogens with one attached hydrogen (secondary N) is 3. The fourth-order valence-corrected chi connectivity index (χ4v) is 4.55. The van der Waals surface area contributed by atoms with Gasteiger partial charge >= 0.3 is 11.8 Å². The van der Waals surface area contributed by atoms with Crippen LogP contribution in [0.3, 0.4) is 0 Å². The maximum atomic E-state index is 12.5. The van der Waals surface area contributed by atoms with Crippen molar-refractivity contribution in [1.82, 2.24) is 10.7 Å². The fraction of sp³-hybridized carbons (Fsp3) is 0.241. The largest absolute Gasteiger partial charge is 0.490 e. The molecule has 0 bridgehead atoms. The molecule has 214 valence electrons. The molecule has 0 saturated heterocycles. The molecular formula is C29H29BrN4O7. The maximum absolute atomic E-state index is 12.5. The summed E-state index contributed by atoms with van der Waals surface area (Å²) >= 11 is 3.44. The first-order valence-corrected chi connectivity index (χ1v) is 13.5. The van der Waals surface area contributed by atoms with Crippen LogP contribution in [-0.2, 0) is 20.9 Å². The van der Waals surface area contributed by atoms with E-state index in [2.05, 4.69) is 37.1 Å². The SMILES string of the molecule is CCOc1cc(/C=N\NC(=O)C(=O)NCc2ccc3c(c2)OCO3)cc(Br)c1OCC(=O)Nc1cc(C)cc(C)c1. The highest BCUT2D eigenvalue weighted by Gasteiger charge is 2.17. The zero-order valence-electron chi connectivity index (χ0n) is 22.7. The minimum absolute atomic E-state index is 0.126. The van der Waals surface area contributed by atoms with E-state index in [1.54, 1.807) is 30.3 Å². The lowest BCUT2D eigenvalue weighted by Crippen LogP contribution is -2.37. The van der Waals surface area contributed by atoms with Crippen molar-refractivity contribution >= 4 is 45.6 Å². The van der Waals surface area contributed by atoms with Crippen LogP contribution < -0.4 is 35.0 Å². The van der Waals surface area contributed by atoms with Crippen molar-refractivity contribution < 1.29 is 33.3 Å². The lowest BCUT2D eigenvalue weighted by molar-refractivity contribution is -0.139. The molecule has 0 aromatic heterocycles. The number of hydrazone groups is 1. The minimum atomic E-state index is -0.930. The molecule has 4 rings (SSSR count). The molecule has 0 atom stereocenters. The highest BCUT2D eigenvalue weighted by atomic mass is 79.9. The van der Waals surface area contributed by atoms with E-state index in [0.717, 1.165) is 16.7 Å². The second-order valence-electron chi connectivity index (χ2n) is 9.05. The molecule has 1 aliphatic rings. The third-order valence-electron chi connectivity index (χ3n) is 5.66. The van der Waals surface area contributed by atoms with Crippen molar-refractivity contribution in [3.8, 4) is 23.0 Å². The summed E-state index contributed by atoms with van der Waals surface area (Å²) in [5, 5.41) is 9.22. The van der Waals surface area contributed by atoms with Gasteiger partial charge < -0.3 is 29.6 Å². The molecule has 3 amide bonds. The average Bonchev–Trinajstić information content (AvgIpc) is 3.39. The Balaban J connectivity index is 1.31. The first-order chi connectivity index (χ1) is 19.7. The Morgan fingerprint density at radius 1 is 0.976 bits per heavy atom. The molecule has 3 aromatic carbocycles. The van der Waals surface area contributed by atoms with E-state index in [9.17, 15) is 14.4 Å². The van der Waals surface area contributed by atoms with Crippen molar-refractivity contribution in [2.45, 2.75) is 27.3 Å². The molecule has 11 nitrogen and oxygen atoms in total. The Bertz CT molecular complexity index is 1470. The number of halogens is 1. The van der Waals surface area contributed by atoms with Crippen molar-refractivity contribution in [3.63, 3.8) is 0 Å². The zero-order chi connectivity index (χ0) is 29.4. The molecule has 1 aliphatic heterocycles. The van der Waals surface area contributed by atoms with Crippen LogP contribution in [0.1, 0.15) is 29.2 Å². The van der Waals surface area contributed by atoms with E-state index in [0.29, 0.717) is 45.3 Å². The highest BCUT2D eigenvalue weighted by Crippen LogP contribution is 2.36. The Labute approximate surface area is 245 Å². The Morgan fingerprint density at radius 2 is 1.73 bits per heavy atom. The third-order valence-corrected chi connectivity index (χ3v) is 6.25. The number of hydrogen-bond acceptors (Lipinski definition) is 8. The number of aryl methyl sites for hydroxylation is 2. The van der Waals surface area contributed by atoms with Crippen LogP contribution in [0.15, 0.2) is 58.1 Å². The lowest BCUT2D eigenvalue weighted by atomic mass is 10.1. The van der Waals surface area contributed by atoms with Crippen LogP contribution in [0.2, 0.25) is 0 Å². The maximum Gasteiger partial charge on any atom is 0.329 e. The number of amides is 3. The number of carbonyl (C=O) groups excluding carboxylic acids is 3. The topological polar surface area (TPSA) is 137 Å². The summed E-state index contributed by atoms with van der Waals surface area (Å²) < 4.78 is 22.5. The predicted molar refractivity (Wildman–Crippen MR) is 156 cm³/mol. The van der Waals surface area contributed by atoms with Gasteiger partial charge in [-0.2, -0.15) is 5.10 Å². The van der Waals surface area contributed by atoms with Gasteiger partial charge in [-0.05, 0) is 95.4 Å². The van der Waals surface area contributed by atoms with E-state index in [1.165, 1.54) is 6.21 Å². The summed E-state index contributed by atoms with van der Waals surface area (Å²) in [5.41, 5.74) is 6.27. The van der Waals surface area contributed by atoms with Crippen LogP contribution in [0.4, 0.5) is 5.69 Å². The number of hydrogen-bond donors (Lipinski definition) is 3. The summed E-state index contributed by atoms with van der Waals surface area (Å²) in [6, 6.07) is 14.3. The normalized spacial score (nSPS) is 11.7. The number of rotatable bonds is 10. The minimum Gasteiger partial charge on any atom is -0.490 e. The van der Waals surface area contributed by atoms with Gasteiger partial charge in [0.2, 0.25) is 6.79 Å². The molecule has 0 radical (unpaired) electrons. The fourth-order valence-electron chi connectivity index (χ4n) is 3.98. The monoisotopic (exact) mass is 624 g/mol. The number of benzene rings is 3. The second kappa shape index (κ2) is 13.7. The lowest BCUT2D eigenvalue weighted by Gasteiger charge is -2.15. The van der Waals surface area contributed by atoms with E-state index in [4.69, 9.17) is 18.9 Å². The Hall–Kier alpha value is -4.58. The van der Waals surface area contributed by atoms with E-state index >= 15 is 0 Å². The van der Waals surface area contributed by atoms with Crippen molar-refractivity contribution in [2.75, 3.05) is 25.3 Å². The number of carbonyl (C=O) groups is 3. The molecular weight excluding hydrogens is 596 g/mol. The average molecular weight is 625 g/mol. The quantitative estimate of drug-likeness (QED) is 0.176. The molecule has 0 fully saturated rings. The molecule has 41 heavy (non-hydrogen) atoms. The summed E-state index contributed by atoms with van der Waals surface area (Å²) in [6.07, 6.45) is 1.35. The summed E-state index contributed by atoms with van der Waals surface area (Å²) in [7, 11) is 0. The van der Waals surface area contributed by atoms with E-state index in [-0.39, 0.29) is 25.9 Å². The van der Waals surface area contributed by atoms with Crippen LogP contribution >= 0.6 is 15.9 Å². The summed E-state index contributed by atoms with van der Waals surface area (Å²) in [4.78, 5) is 36.8.